The molecule has 0 bridgehead atoms. The quantitative estimate of drug-likeness (QED) is 0.578. The Morgan fingerprint density at radius 2 is 2.03 bits per heavy atom. The normalized spacial score (nSPS) is 15.9. The van der Waals surface area contributed by atoms with E-state index in [0.29, 0.717) is 23.3 Å². The average molecular weight is 442 g/mol. The summed E-state index contributed by atoms with van der Waals surface area (Å²) >= 11 is 0. The van der Waals surface area contributed by atoms with Crippen LogP contribution in [0.25, 0.3) is 11.2 Å². The minimum Gasteiger partial charge on any atom is -0.491 e. The molecular weight excluding hydrogens is 410 g/mol. The van der Waals surface area contributed by atoms with Crippen molar-refractivity contribution < 1.29 is 9.84 Å². The predicted molar refractivity (Wildman–Crippen MR) is 124 cm³/mol. The Bertz CT molecular complexity index is 1200. The number of H-pyrrole nitrogens is 1. The number of nitrogens with one attached hydrogen (secondary N) is 1. The molecule has 172 valence electrons. The first-order valence-electron chi connectivity index (χ1n) is 11.2. The lowest BCUT2D eigenvalue weighted by Gasteiger charge is -2.31. The molecule has 0 amide bonds. The predicted octanol–water partition coefficient (Wildman–Crippen LogP) is 1.66. The third-order valence-corrected chi connectivity index (χ3v) is 6.20. The van der Waals surface area contributed by atoms with Crippen LogP contribution in [0.4, 0.5) is 5.95 Å². The molecule has 0 saturated carbocycles. The maximum atomic E-state index is 12.7. The summed E-state index contributed by atoms with van der Waals surface area (Å²) in [7, 11) is 1.58. The second-order valence-corrected chi connectivity index (χ2v) is 8.65. The summed E-state index contributed by atoms with van der Waals surface area (Å²) in [4.78, 5) is 33.9. The van der Waals surface area contributed by atoms with Gasteiger partial charge in [0.15, 0.2) is 11.2 Å². The van der Waals surface area contributed by atoms with Gasteiger partial charge >= 0.3 is 5.69 Å². The monoisotopic (exact) mass is 441 g/mol. The number of aliphatic hydroxyl groups excluding tert-OH is 1. The molecular formula is C23H31N5O4. The Labute approximate surface area is 186 Å². The maximum absolute atomic E-state index is 12.7. The Kier molecular flexibility index (Phi) is 6.36. The molecule has 1 aliphatic heterocycles. The van der Waals surface area contributed by atoms with Gasteiger partial charge < -0.3 is 19.3 Å². The summed E-state index contributed by atoms with van der Waals surface area (Å²) in [6.07, 6.45) is 2.09. The van der Waals surface area contributed by atoms with E-state index < -0.39 is 17.4 Å². The van der Waals surface area contributed by atoms with Gasteiger partial charge in [-0.1, -0.05) is 26.0 Å². The SMILES string of the molecule is CCc1cccc(OC[C@H](O)Cn2c(N3CCC(C)CC3)nc3c2c(=O)[nH]c(=O)n3C)c1. The molecule has 4 rings (SSSR count). The van der Waals surface area contributed by atoms with Crippen molar-refractivity contribution in [2.45, 2.75) is 45.8 Å². The molecule has 0 unspecified atom stereocenters. The molecule has 2 aromatic heterocycles. The van der Waals surface area contributed by atoms with Gasteiger partial charge in [0.05, 0.1) is 6.54 Å². The topological polar surface area (TPSA) is 105 Å². The van der Waals surface area contributed by atoms with Gasteiger partial charge in [0, 0.05) is 20.1 Å². The van der Waals surface area contributed by atoms with Crippen molar-refractivity contribution in [2.75, 3.05) is 24.6 Å². The van der Waals surface area contributed by atoms with Crippen LogP contribution in [0.3, 0.4) is 0 Å². The lowest BCUT2D eigenvalue weighted by atomic mass is 10.00. The average Bonchev–Trinajstić information content (AvgIpc) is 3.16. The number of aryl methyl sites for hydroxylation is 2. The van der Waals surface area contributed by atoms with E-state index in [1.165, 1.54) is 4.57 Å². The van der Waals surface area contributed by atoms with Crippen LogP contribution in [-0.4, -0.2) is 50.0 Å². The first-order chi connectivity index (χ1) is 15.4. The van der Waals surface area contributed by atoms with E-state index in [1.807, 2.05) is 24.3 Å². The maximum Gasteiger partial charge on any atom is 0.329 e. The Hall–Kier alpha value is -3.07. The molecule has 1 aromatic carbocycles. The van der Waals surface area contributed by atoms with Crippen molar-refractivity contribution in [1.82, 2.24) is 19.1 Å². The highest BCUT2D eigenvalue weighted by Gasteiger charge is 2.25. The zero-order chi connectivity index (χ0) is 22.8. The van der Waals surface area contributed by atoms with Crippen molar-refractivity contribution in [2.24, 2.45) is 13.0 Å². The third-order valence-electron chi connectivity index (χ3n) is 6.20. The molecule has 1 atom stereocenters. The number of fused-ring (bicyclic) bond motifs is 1. The summed E-state index contributed by atoms with van der Waals surface area (Å²) in [6.45, 7) is 6.13. The number of hydrogen-bond donors (Lipinski definition) is 2. The molecule has 32 heavy (non-hydrogen) atoms. The molecule has 1 saturated heterocycles. The molecule has 9 nitrogen and oxygen atoms in total. The van der Waals surface area contributed by atoms with E-state index in [9.17, 15) is 14.7 Å². The van der Waals surface area contributed by atoms with Crippen molar-refractivity contribution in [3.8, 4) is 5.75 Å². The van der Waals surface area contributed by atoms with Crippen LogP contribution < -0.4 is 20.9 Å². The fourth-order valence-corrected chi connectivity index (χ4v) is 4.16. The molecule has 2 N–H and O–H groups in total. The van der Waals surface area contributed by atoms with E-state index in [0.717, 1.165) is 37.9 Å². The van der Waals surface area contributed by atoms with Crippen molar-refractivity contribution >= 4 is 17.1 Å². The van der Waals surface area contributed by atoms with E-state index in [4.69, 9.17) is 4.74 Å². The van der Waals surface area contributed by atoms with Gasteiger partial charge in [-0.25, -0.2) is 4.79 Å². The van der Waals surface area contributed by atoms with Crippen LogP contribution >= 0.6 is 0 Å². The van der Waals surface area contributed by atoms with Gasteiger partial charge in [0.2, 0.25) is 5.95 Å². The highest BCUT2D eigenvalue weighted by atomic mass is 16.5. The van der Waals surface area contributed by atoms with Gasteiger partial charge in [-0.3, -0.25) is 14.3 Å². The summed E-state index contributed by atoms with van der Waals surface area (Å²) in [5.41, 5.74) is 0.747. The number of nitrogens with zero attached hydrogens (tertiary/aromatic N) is 4. The molecule has 0 radical (unpaired) electrons. The number of anilines is 1. The molecule has 9 heteroatoms. The summed E-state index contributed by atoms with van der Waals surface area (Å²) < 4.78 is 8.86. The van der Waals surface area contributed by atoms with Gasteiger partial charge in [0.25, 0.3) is 5.56 Å². The molecule has 3 aromatic rings. The van der Waals surface area contributed by atoms with Gasteiger partial charge in [-0.2, -0.15) is 4.98 Å². The largest absolute Gasteiger partial charge is 0.491 e. The van der Waals surface area contributed by atoms with E-state index in [-0.39, 0.29) is 18.7 Å². The number of imidazole rings is 1. The van der Waals surface area contributed by atoms with Crippen LogP contribution in [0.5, 0.6) is 5.75 Å². The highest BCUT2D eigenvalue weighted by molar-refractivity contribution is 5.74. The number of piperidine rings is 1. The highest BCUT2D eigenvalue weighted by Crippen LogP contribution is 2.25. The number of aliphatic hydroxyl groups is 1. The van der Waals surface area contributed by atoms with E-state index >= 15 is 0 Å². The molecule has 1 fully saturated rings. The number of benzene rings is 1. The molecule has 0 spiro atoms. The summed E-state index contributed by atoms with van der Waals surface area (Å²) in [5, 5.41) is 10.8. The van der Waals surface area contributed by atoms with Gasteiger partial charge in [-0.05, 0) is 42.9 Å². The fourth-order valence-electron chi connectivity index (χ4n) is 4.16. The Morgan fingerprint density at radius 3 is 2.75 bits per heavy atom. The number of aromatic nitrogens is 4. The second kappa shape index (κ2) is 9.20. The van der Waals surface area contributed by atoms with E-state index in [1.54, 1.807) is 11.6 Å². The van der Waals surface area contributed by atoms with Gasteiger partial charge in [-0.15, -0.1) is 0 Å². The van der Waals surface area contributed by atoms with Crippen LogP contribution in [-0.2, 0) is 20.0 Å². The van der Waals surface area contributed by atoms with Crippen LogP contribution in [0.15, 0.2) is 33.9 Å². The van der Waals surface area contributed by atoms with Crippen LogP contribution in [0.2, 0.25) is 0 Å². The lowest BCUT2D eigenvalue weighted by molar-refractivity contribution is 0.0935. The smallest absolute Gasteiger partial charge is 0.329 e. The minimum atomic E-state index is -0.864. The first kappa shape index (κ1) is 22.1. The summed E-state index contributed by atoms with van der Waals surface area (Å²) in [5.74, 6) is 1.93. The number of rotatable bonds is 7. The summed E-state index contributed by atoms with van der Waals surface area (Å²) in [6, 6.07) is 7.78. The zero-order valence-corrected chi connectivity index (χ0v) is 18.9. The minimum absolute atomic E-state index is 0.0764. The zero-order valence-electron chi connectivity index (χ0n) is 18.9. The first-order valence-corrected chi connectivity index (χ1v) is 11.2. The Morgan fingerprint density at radius 1 is 1.28 bits per heavy atom. The fraction of sp³-hybridized carbons (Fsp3) is 0.522. The third kappa shape index (κ3) is 4.43. The van der Waals surface area contributed by atoms with Crippen molar-refractivity contribution in [3.63, 3.8) is 0 Å². The van der Waals surface area contributed by atoms with Crippen molar-refractivity contribution in [1.29, 1.82) is 0 Å². The van der Waals surface area contributed by atoms with Gasteiger partial charge in [0.1, 0.15) is 18.5 Å². The molecule has 1 aliphatic rings. The van der Waals surface area contributed by atoms with Crippen molar-refractivity contribution in [3.05, 3.63) is 50.7 Å². The van der Waals surface area contributed by atoms with Crippen LogP contribution in [0.1, 0.15) is 32.3 Å². The molecule has 3 heterocycles. The molecule has 0 aliphatic carbocycles. The number of aromatic amines is 1. The Balaban J connectivity index is 1.63. The van der Waals surface area contributed by atoms with Crippen LogP contribution in [0, 0.1) is 5.92 Å². The number of ether oxygens (including phenoxy) is 1. The second-order valence-electron chi connectivity index (χ2n) is 8.65. The standard InChI is InChI=1S/C23H31N5O4/c1-4-16-6-5-7-18(12-16)32-14-17(29)13-28-19-20(26(3)23(31)25-21(19)30)24-22(28)27-10-8-15(2)9-11-27/h5-7,12,15,17,29H,4,8-11,13-14H2,1-3H3,(H,25,30,31)/t17-/m1/s1. The lowest BCUT2D eigenvalue weighted by Crippen LogP contribution is -2.36. The number of hydrogen-bond acceptors (Lipinski definition) is 6. The van der Waals surface area contributed by atoms with E-state index in [2.05, 4.69) is 28.7 Å².